The average Bonchev–Trinajstić information content (AvgIpc) is 2.42. The van der Waals surface area contributed by atoms with Gasteiger partial charge in [-0.15, -0.1) is 0 Å². The molecular formula is C14H12ClFO2S. The molecule has 0 spiro atoms. The molecule has 0 fully saturated rings. The predicted molar refractivity (Wildman–Crippen MR) is 73.9 cm³/mol. The van der Waals surface area contributed by atoms with E-state index in [1.807, 2.05) is 12.1 Å². The smallest absolute Gasteiger partial charge is 0.141 e. The molecule has 5 heteroatoms. The van der Waals surface area contributed by atoms with E-state index in [2.05, 4.69) is 0 Å². The number of halogens is 2. The van der Waals surface area contributed by atoms with Crippen LogP contribution in [0.1, 0.15) is 11.1 Å². The second kappa shape index (κ2) is 6.28. The van der Waals surface area contributed by atoms with Crippen molar-refractivity contribution in [2.24, 2.45) is 0 Å². The molecule has 0 aromatic heterocycles. The molecule has 2 aromatic rings. The minimum absolute atomic E-state index is 0.0169. The molecule has 2 aromatic carbocycles. The molecule has 0 aliphatic heterocycles. The molecule has 19 heavy (non-hydrogen) atoms. The van der Waals surface area contributed by atoms with E-state index in [0.29, 0.717) is 10.6 Å². The molecule has 0 aliphatic rings. The summed E-state index contributed by atoms with van der Waals surface area (Å²) in [6, 6.07) is 11.3. The highest BCUT2D eigenvalue weighted by atomic mass is 35.5. The quantitative estimate of drug-likeness (QED) is 0.940. The minimum atomic E-state index is -1.28. The van der Waals surface area contributed by atoms with Gasteiger partial charge in [0.2, 0.25) is 0 Å². The van der Waals surface area contributed by atoms with Crippen molar-refractivity contribution >= 4 is 22.4 Å². The Kier molecular flexibility index (Phi) is 4.69. The number of rotatable bonds is 4. The molecule has 0 amide bonds. The van der Waals surface area contributed by atoms with E-state index in [4.69, 9.17) is 16.7 Å². The van der Waals surface area contributed by atoms with Crippen LogP contribution >= 0.6 is 11.6 Å². The fourth-order valence-corrected chi connectivity index (χ4v) is 2.97. The Bertz CT molecular complexity index is 599. The van der Waals surface area contributed by atoms with Crippen LogP contribution in [0.2, 0.25) is 5.02 Å². The molecule has 1 unspecified atom stereocenters. The third-order valence-corrected chi connectivity index (χ3v) is 4.32. The van der Waals surface area contributed by atoms with Crippen molar-refractivity contribution in [1.29, 1.82) is 0 Å². The lowest BCUT2D eigenvalue weighted by Crippen LogP contribution is -1.97. The molecule has 1 atom stereocenters. The van der Waals surface area contributed by atoms with Crippen molar-refractivity contribution in [2.45, 2.75) is 17.3 Å². The van der Waals surface area contributed by atoms with Gasteiger partial charge in [0.15, 0.2) is 0 Å². The van der Waals surface area contributed by atoms with Crippen LogP contribution in [0.5, 0.6) is 0 Å². The maximum atomic E-state index is 13.0. The van der Waals surface area contributed by atoms with E-state index in [1.54, 1.807) is 12.1 Å². The molecule has 2 nitrogen and oxygen atoms in total. The van der Waals surface area contributed by atoms with Crippen molar-refractivity contribution in [2.75, 3.05) is 0 Å². The summed E-state index contributed by atoms with van der Waals surface area (Å²) in [7, 11) is -1.28. The van der Waals surface area contributed by atoms with Gasteiger partial charge in [-0.3, -0.25) is 4.21 Å². The van der Waals surface area contributed by atoms with Crippen LogP contribution < -0.4 is 0 Å². The molecule has 0 saturated heterocycles. The van der Waals surface area contributed by atoms with Gasteiger partial charge in [-0.25, -0.2) is 4.39 Å². The number of aliphatic hydroxyl groups is 1. The van der Waals surface area contributed by atoms with Crippen molar-refractivity contribution in [3.05, 3.63) is 64.4 Å². The van der Waals surface area contributed by atoms with Crippen LogP contribution in [-0.4, -0.2) is 9.32 Å². The highest BCUT2D eigenvalue weighted by molar-refractivity contribution is 7.84. The van der Waals surface area contributed by atoms with Crippen molar-refractivity contribution < 1.29 is 13.7 Å². The van der Waals surface area contributed by atoms with Gasteiger partial charge in [0, 0.05) is 4.90 Å². The van der Waals surface area contributed by atoms with Crippen molar-refractivity contribution in [1.82, 2.24) is 0 Å². The maximum Gasteiger partial charge on any atom is 0.141 e. The Morgan fingerprint density at radius 1 is 1.11 bits per heavy atom. The lowest BCUT2D eigenvalue weighted by molar-refractivity contribution is 0.282. The summed E-state index contributed by atoms with van der Waals surface area (Å²) < 4.78 is 25.1. The molecule has 0 bridgehead atoms. The lowest BCUT2D eigenvalue weighted by Gasteiger charge is -2.04. The van der Waals surface area contributed by atoms with Gasteiger partial charge in [-0.05, 0) is 29.3 Å². The molecule has 2 rings (SSSR count). The number of hydrogen-bond acceptors (Lipinski definition) is 2. The molecule has 0 radical (unpaired) electrons. The number of hydrogen-bond donors (Lipinski definition) is 1. The molecule has 0 aliphatic carbocycles. The normalized spacial score (nSPS) is 12.4. The van der Waals surface area contributed by atoms with Gasteiger partial charge in [0.05, 0.1) is 28.2 Å². The Labute approximate surface area is 118 Å². The van der Waals surface area contributed by atoms with E-state index in [-0.39, 0.29) is 11.6 Å². The summed E-state index contributed by atoms with van der Waals surface area (Å²) in [5, 5.41) is 8.91. The zero-order valence-electron chi connectivity index (χ0n) is 9.98. The molecular weight excluding hydrogens is 287 g/mol. The van der Waals surface area contributed by atoms with Crippen LogP contribution in [0, 0.1) is 5.82 Å². The van der Waals surface area contributed by atoms with E-state index < -0.39 is 16.6 Å². The van der Waals surface area contributed by atoms with Crippen LogP contribution in [0.3, 0.4) is 0 Å². The SMILES string of the molecule is O=S(Cc1ccc(CO)cc1)c1ccc(F)c(Cl)c1. The molecule has 0 heterocycles. The van der Waals surface area contributed by atoms with Crippen molar-refractivity contribution in [3.63, 3.8) is 0 Å². The zero-order chi connectivity index (χ0) is 13.8. The summed E-state index contributed by atoms with van der Waals surface area (Å²) in [5.41, 5.74) is 1.69. The number of aliphatic hydroxyl groups excluding tert-OH is 1. The van der Waals surface area contributed by atoms with Gasteiger partial charge in [-0.1, -0.05) is 35.9 Å². The Morgan fingerprint density at radius 3 is 2.32 bits per heavy atom. The largest absolute Gasteiger partial charge is 0.392 e. The van der Waals surface area contributed by atoms with Crippen molar-refractivity contribution in [3.8, 4) is 0 Å². The third kappa shape index (κ3) is 3.62. The topological polar surface area (TPSA) is 37.3 Å². The molecule has 0 saturated carbocycles. The highest BCUT2D eigenvalue weighted by Crippen LogP contribution is 2.20. The first kappa shape index (κ1) is 14.2. The standard InChI is InChI=1S/C14H12ClFO2S/c15-13-7-12(5-6-14(13)16)19(18)9-11-3-1-10(8-17)2-4-11/h1-7,17H,8-9H2. The summed E-state index contributed by atoms with van der Waals surface area (Å²) in [5.74, 6) is -0.192. The minimum Gasteiger partial charge on any atom is -0.392 e. The zero-order valence-corrected chi connectivity index (χ0v) is 11.5. The number of benzene rings is 2. The predicted octanol–water partition coefficient (Wildman–Crippen LogP) is 3.28. The van der Waals surface area contributed by atoms with Gasteiger partial charge < -0.3 is 5.11 Å². The summed E-state index contributed by atoms with van der Waals surface area (Å²) >= 11 is 5.66. The third-order valence-electron chi connectivity index (χ3n) is 2.66. The Balaban J connectivity index is 2.13. The fourth-order valence-electron chi connectivity index (χ4n) is 1.59. The summed E-state index contributed by atoms with van der Waals surface area (Å²) in [6.07, 6.45) is 0. The van der Waals surface area contributed by atoms with Crippen LogP contribution in [0.4, 0.5) is 4.39 Å². The monoisotopic (exact) mass is 298 g/mol. The first-order valence-corrected chi connectivity index (χ1v) is 7.32. The fraction of sp³-hybridized carbons (Fsp3) is 0.143. The first-order valence-electron chi connectivity index (χ1n) is 5.62. The highest BCUT2D eigenvalue weighted by Gasteiger charge is 2.08. The maximum absolute atomic E-state index is 13.0. The van der Waals surface area contributed by atoms with E-state index in [1.165, 1.54) is 18.2 Å². The first-order chi connectivity index (χ1) is 9.10. The average molecular weight is 299 g/mol. The van der Waals surface area contributed by atoms with Gasteiger partial charge >= 0.3 is 0 Å². The van der Waals surface area contributed by atoms with Crippen LogP contribution in [0.25, 0.3) is 0 Å². The lowest BCUT2D eigenvalue weighted by atomic mass is 10.2. The van der Waals surface area contributed by atoms with E-state index >= 15 is 0 Å². The van der Waals surface area contributed by atoms with Crippen LogP contribution in [-0.2, 0) is 23.2 Å². The molecule has 100 valence electrons. The summed E-state index contributed by atoms with van der Waals surface area (Å²) in [4.78, 5) is 0.498. The summed E-state index contributed by atoms with van der Waals surface area (Å²) in [6.45, 7) is -0.0169. The van der Waals surface area contributed by atoms with E-state index in [9.17, 15) is 8.60 Å². The molecule has 1 N–H and O–H groups in total. The second-order valence-electron chi connectivity index (χ2n) is 4.04. The van der Waals surface area contributed by atoms with Crippen LogP contribution in [0.15, 0.2) is 47.4 Å². The van der Waals surface area contributed by atoms with E-state index in [0.717, 1.165) is 11.1 Å². The second-order valence-corrected chi connectivity index (χ2v) is 5.90. The van der Waals surface area contributed by atoms with Gasteiger partial charge in [0.25, 0.3) is 0 Å². The Morgan fingerprint density at radius 2 is 1.74 bits per heavy atom. The van der Waals surface area contributed by atoms with Gasteiger partial charge in [0.1, 0.15) is 5.82 Å². The van der Waals surface area contributed by atoms with Gasteiger partial charge in [-0.2, -0.15) is 0 Å². The Hall–Kier alpha value is -1.23.